The maximum atomic E-state index is 13.3. The summed E-state index contributed by atoms with van der Waals surface area (Å²) in [6.07, 6.45) is 2.10. The molecule has 0 N–H and O–H groups in total. The van der Waals surface area contributed by atoms with E-state index in [1.54, 1.807) is 4.90 Å². The Morgan fingerprint density at radius 3 is 2.55 bits per heavy atom. The molecule has 1 atom stereocenters. The number of amides is 1. The highest BCUT2D eigenvalue weighted by Crippen LogP contribution is 2.29. The number of hydrogen-bond donors (Lipinski definition) is 0. The lowest BCUT2D eigenvalue weighted by molar-refractivity contribution is -0.136. The minimum atomic E-state index is -3.85. The van der Waals surface area contributed by atoms with Gasteiger partial charge in [-0.2, -0.15) is 4.31 Å². The van der Waals surface area contributed by atoms with Gasteiger partial charge >= 0.3 is 0 Å². The highest BCUT2D eigenvalue weighted by atomic mass is 32.2. The van der Waals surface area contributed by atoms with Gasteiger partial charge in [-0.1, -0.05) is 12.1 Å². The Hall–Kier alpha value is -2.49. The Balaban J connectivity index is 1.21. The molecule has 176 valence electrons. The van der Waals surface area contributed by atoms with E-state index in [2.05, 4.69) is 17.0 Å². The van der Waals surface area contributed by atoms with Gasteiger partial charge in [0.2, 0.25) is 15.9 Å². The van der Waals surface area contributed by atoms with E-state index in [-0.39, 0.29) is 10.8 Å². The number of carbonyl (C=O) groups is 1. The smallest absolute Gasteiger partial charge is 0.243 e. The van der Waals surface area contributed by atoms with Crippen LogP contribution in [0.3, 0.4) is 0 Å². The van der Waals surface area contributed by atoms with Crippen molar-refractivity contribution in [3.8, 4) is 5.75 Å². The first-order valence-electron chi connectivity index (χ1n) is 11.4. The quantitative estimate of drug-likeness (QED) is 0.666. The molecule has 0 radical (unpaired) electrons. The molecular formula is C24H28FN3O4S. The predicted octanol–water partition coefficient (Wildman–Crippen LogP) is 2.26. The second kappa shape index (κ2) is 9.04. The van der Waals surface area contributed by atoms with Gasteiger partial charge in [0.1, 0.15) is 17.6 Å². The molecule has 9 heteroatoms. The van der Waals surface area contributed by atoms with Crippen molar-refractivity contribution in [3.63, 3.8) is 0 Å². The van der Waals surface area contributed by atoms with Crippen LogP contribution in [0.1, 0.15) is 24.0 Å². The zero-order valence-electron chi connectivity index (χ0n) is 18.5. The molecule has 0 spiro atoms. The number of halogens is 1. The van der Waals surface area contributed by atoms with Crippen molar-refractivity contribution < 1.29 is 22.3 Å². The zero-order valence-corrected chi connectivity index (χ0v) is 19.3. The molecular weight excluding hydrogens is 445 g/mol. The Morgan fingerprint density at radius 1 is 1.03 bits per heavy atom. The third-order valence-corrected chi connectivity index (χ3v) is 8.68. The molecule has 0 unspecified atom stereocenters. The fraction of sp³-hybridized carbons (Fsp3) is 0.458. The number of nitrogens with zero attached hydrogens (tertiary/aromatic N) is 3. The van der Waals surface area contributed by atoms with E-state index in [9.17, 15) is 17.6 Å². The van der Waals surface area contributed by atoms with Gasteiger partial charge in [0.25, 0.3) is 0 Å². The largest absolute Gasteiger partial charge is 0.493 e. The minimum absolute atomic E-state index is 0.0214. The average Bonchev–Trinajstić information content (AvgIpc) is 3.49. The summed E-state index contributed by atoms with van der Waals surface area (Å²) in [5.41, 5.74) is 2.50. The number of ether oxygens (including phenoxy) is 1. The summed E-state index contributed by atoms with van der Waals surface area (Å²) >= 11 is 0. The van der Waals surface area contributed by atoms with Gasteiger partial charge in [0.05, 0.1) is 11.5 Å². The Morgan fingerprint density at radius 2 is 1.79 bits per heavy atom. The molecule has 5 rings (SSSR count). The lowest BCUT2D eigenvalue weighted by atomic mass is 10.1. The molecule has 2 aromatic rings. The number of sulfonamides is 1. The molecule has 3 heterocycles. The van der Waals surface area contributed by atoms with E-state index in [4.69, 9.17) is 4.74 Å². The number of fused-ring (bicyclic) bond motifs is 1. The maximum absolute atomic E-state index is 13.3. The summed E-state index contributed by atoms with van der Waals surface area (Å²) in [4.78, 5) is 17.4. The van der Waals surface area contributed by atoms with Gasteiger partial charge in [0, 0.05) is 45.7 Å². The van der Waals surface area contributed by atoms with Gasteiger partial charge in [-0.25, -0.2) is 12.8 Å². The first-order chi connectivity index (χ1) is 15.9. The van der Waals surface area contributed by atoms with Crippen LogP contribution < -0.4 is 4.74 Å². The van der Waals surface area contributed by atoms with Crippen LogP contribution in [0.4, 0.5) is 4.39 Å². The SMILES string of the molecule is O=C([C@@H]1CCCN1S(=O)(=O)c1ccc(F)cc1)N1CCN(Cc2ccc3c(c2)CCO3)CC1. The predicted molar refractivity (Wildman–Crippen MR) is 121 cm³/mol. The van der Waals surface area contributed by atoms with Crippen LogP contribution in [0.15, 0.2) is 47.4 Å². The van der Waals surface area contributed by atoms with Crippen molar-refractivity contribution in [1.29, 1.82) is 0 Å². The van der Waals surface area contributed by atoms with Crippen molar-refractivity contribution in [2.75, 3.05) is 39.3 Å². The molecule has 0 aromatic heterocycles. The number of carbonyl (C=O) groups excluding carboxylic acids is 1. The summed E-state index contributed by atoms with van der Waals surface area (Å²) in [5, 5.41) is 0. The van der Waals surface area contributed by atoms with Crippen LogP contribution in [-0.4, -0.2) is 73.8 Å². The summed E-state index contributed by atoms with van der Waals surface area (Å²) in [6, 6.07) is 10.4. The van der Waals surface area contributed by atoms with Gasteiger partial charge in [-0.15, -0.1) is 0 Å². The van der Waals surface area contributed by atoms with Gasteiger partial charge in [-0.3, -0.25) is 9.69 Å². The van der Waals surface area contributed by atoms with E-state index >= 15 is 0 Å². The van der Waals surface area contributed by atoms with Gasteiger partial charge < -0.3 is 9.64 Å². The van der Waals surface area contributed by atoms with Crippen LogP contribution in [0, 0.1) is 5.82 Å². The molecule has 0 saturated carbocycles. The van der Waals surface area contributed by atoms with E-state index in [0.29, 0.717) is 32.5 Å². The lowest BCUT2D eigenvalue weighted by Crippen LogP contribution is -2.54. The van der Waals surface area contributed by atoms with Crippen LogP contribution >= 0.6 is 0 Å². The van der Waals surface area contributed by atoms with Crippen LogP contribution in [0.5, 0.6) is 5.75 Å². The Kier molecular flexibility index (Phi) is 6.11. The normalized spacial score (nSPS) is 21.7. The molecule has 1 amide bonds. The van der Waals surface area contributed by atoms with Crippen LogP contribution in [0.2, 0.25) is 0 Å². The molecule has 0 bridgehead atoms. The molecule has 2 saturated heterocycles. The topological polar surface area (TPSA) is 70.2 Å². The third-order valence-electron chi connectivity index (χ3n) is 6.75. The van der Waals surface area contributed by atoms with E-state index < -0.39 is 21.9 Å². The second-order valence-corrected chi connectivity index (χ2v) is 10.8. The van der Waals surface area contributed by atoms with E-state index in [0.717, 1.165) is 50.5 Å². The molecule has 0 aliphatic carbocycles. The van der Waals surface area contributed by atoms with Gasteiger partial charge in [0.15, 0.2) is 0 Å². The summed E-state index contributed by atoms with van der Waals surface area (Å²) < 4.78 is 46.3. The minimum Gasteiger partial charge on any atom is -0.493 e. The van der Waals surface area contributed by atoms with E-state index in [1.165, 1.54) is 27.6 Å². The van der Waals surface area contributed by atoms with Crippen molar-refractivity contribution in [1.82, 2.24) is 14.1 Å². The van der Waals surface area contributed by atoms with Crippen molar-refractivity contribution in [2.24, 2.45) is 0 Å². The summed E-state index contributed by atoms with van der Waals surface area (Å²) in [5.74, 6) is 0.354. The van der Waals surface area contributed by atoms with Crippen molar-refractivity contribution >= 4 is 15.9 Å². The first kappa shape index (κ1) is 22.3. The standard InChI is InChI=1S/C24H28FN3O4S/c25-20-4-6-21(7-5-20)33(30,31)28-10-1-2-22(28)24(29)27-13-11-26(12-14-27)17-18-3-8-23-19(16-18)9-15-32-23/h3-8,16,22H,1-2,9-15,17H2/t22-/m0/s1. The second-order valence-electron chi connectivity index (χ2n) is 8.87. The van der Waals surface area contributed by atoms with Crippen LogP contribution in [0.25, 0.3) is 0 Å². The summed E-state index contributed by atoms with van der Waals surface area (Å²) in [7, 11) is -3.85. The first-order valence-corrected chi connectivity index (χ1v) is 12.9. The molecule has 3 aliphatic rings. The number of hydrogen-bond acceptors (Lipinski definition) is 5. The van der Waals surface area contributed by atoms with Crippen molar-refractivity contribution in [2.45, 2.75) is 36.7 Å². The Labute approximate surface area is 193 Å². The molecule has 33 heavy (non-hydrogen) atoms. The maximum Gasteiger partial charge on any atom is 0.243 e. The zero-order chi connectivity index (χ0) is 23.0. The fourth-order valence-electron chi connectivity index (χ4n) is 4.95. The highest BCUT2D eigenvalue weighted by molar-refractivity contribution is 7.89. The number of benzene rings is 2. The molecule has 7 nitrogen and oxygen atoms in total. The number of rotatable bonds is 5. The molecule has 2 fully saturated rings. The lowest BCUT2D eigenvalue weighted by Gasteiger charge is -2.37. The van der Waals surface area contributed by atoms with E-state index in [1.807, 2.05) is 6.07 Å². The van der Waals surface area contributed by atoms with Crippen molar-refractivity contribution in [3.05, 3.63) is 59.4 Å². The monoisotopic (exact) mass is 473 g/mol. The number of piperazine rings is 1. The Bertz CT molecular complexity index is 1130. The summed E-state index contributed by atoms with van der Waals surface area (Å²) in [6.45, 7) is 4.52. The van der Waals surface area contributed by atoms with Crippen LogP contribution in [-0.2, 0) is 27.8 Å². The fourth-order valence-corrected chi connectivity index (χ4v) is 6.60. The average molecular weight is 474 g/mol. The third kappa shape index (κ3) is 4.49. The molecule has 2 aromatic carbocycles. The molecule has 3 aliphatic heterocycles. The highest BCUT2D eigenvalue weighted by Gasteiger charge is 2.41. The van der Waals surface area contributed by atoms with Gasteiger partial charge in [-0.05, 0) is 54.3 Å².